The van der Waals surface area contributed by atoms with Gasteiger partial charge in [0.15, 0.2) is 0 Å². The Morgan fingerprint density at radius 2 is 1.94 bits per heavy atom. The topological polar surface area (TPSA) is 12.9 Å². The van der Waals surface area contributed by atoms with Gasteiger partial charge in [0.05, 0.1) is 8.80 Å². The highest BCUT2D eigenvalue weighted by atomic mass is 79.9. The smallest absolute Gasteiger partial charge is 0.104 e. The maximum absolute atomic E-state index is 4.53. The van der Waals surface area contributed by atoms with Crippen LogP contribution in [0, 0.1) is 0 Å². The SMILES string of the molecule is C[SiH](C)c1cc(C2CCCCC2)cnc1Br. The maximum atomic E-state index is 4.53. The number of halogens is 1. The van der Waals surface area contributed by atoms with Crippen LogP contribution in [0.4, 0.5) is 0 Å². The normalized spacial score (nSPS) is 18.0. The van der Waals surface area contributed by atoms with Crippen molar-refractivity contribution in [3.63, 3.8) is 0 Å². The van der Waals surface area contributed by atoms with Crippen LogP contribution in [-0.4, -0.2) is 13.8 Å². The second-order valence-electron chi connectivity index (χ2n) is 5.14. The van der Waals surface area contributed by atoms with Gasteiger partial charge in [-0.05, 0) is 45.4 Å². The van der Waals surface area contributed by atoms with Crippen molar-refractivity contribution in [3.05, 3.63) is 22.4 Å². The third-order valence-corrected chi connectivity index (χ3v) is 6.36. The lowest BCUT2D eigenvalue weighted by Gasteiger charge is -2.22. The Bertz CT molecular complexity index is 359. The Hall–Kier alpha value is -0.153. The Labute approximate surface area is 108 Å². The number of nitrogens with zero attached hydrogens (tertiary/aromatic N) is 1. The van der Waals surface area contributed by atoms with Crippen LogP contribution in [0.15, 0.2) is 16.9 Å². The number of pyridine rings is 1. The van der Waals surface area contributed by atoms with Gasteiger partial charge in [-0.15, -0.1) is 0 Å². The molecule has 1 saturated carbocycles. The molecule has 0 N–H and O–H groups in total. The molecule has 1 nitrogen and oxygen atoms in total. The van der Waals surface area contributed by atoms with Crippen LogP contribution < -0.4 is 5.19 Å². The first kappa shape index (κ1) is 12.3. The summed E-state index contributed by atoms with van der Waals surface area (Å²) in [7, 11) is -0.760. The van der Waals surface area contributed by atoms with Crippen LogP contribution in [0.25, 0.3) is 0 Å². The summed E-state index contributed by atoms with van der Waals surface area (Å²) in [4.78, 5) is 4.53. The van der Waals surface area contributed by atoms with E-state index in [9.17, 15) is 0 Å². The molecule has 0 amide bonds. The van der Waals surface area contributed by atoms with E-state index in [1.807, 2.05) is 0 Å². The third kappa shape index (κ3) is 2.75. The number of aromatic nitrogens is 1. The van der Waals surface area contributed by atoms with E-state index in [-0.39, 0.29) is 0 Å². The molecule has 1 aromatic rings. The monoisotopic (exact) mass is 297 g/mol. The summed E-state index contributed by atoms with van der Waals surface area (Å²) in [6, 6.07) is 2.42. The second-order valence-corrected chi connectivity index (χ2v) is 8.82. The van der Waals surface area contributed by atoms with Gasteiger partial charge in [0.2, 0.25) is 0 Å². The lowest BCUT2D eigenvalue weighted by Crippen LogP contribution is -2.26. The molecule has 16 heavy (non-hydrogen) atoms. The van der Waals surface area contributed by atoms with E-state index in [4.69, 9.17) is 0 Å². The van der Waals surface area contributed by atoms with Crippen LogP contribution >= 0.6 is 15.9 Å². The molecule has 2 rings (SSSR count). The van der Waals surface area contributed by atoms with E-state index in [1.165, 1.54) is 42.9 Å². The molecule has 0 bridgehead atoms. The molecule has 0 aliphatic heterocycles. The fourth-order valence-electron chi connectivity index (χ4n) is 2.55. The standard InChI is InChI=1S/C13H20BrNSi/c1-16(2)12-8-11(9-15-13(12)14)10-6-4-3-5-7-10/h8-10,16H,3-7H2,1-2H3. The van der Waals surface area contributed by atoms with E-state index in [2.05, 4.69) is 46.3 Å². The second kappa shape index (κ2) is 5.45. The number of hydrogen-bond acceptors (Lipinski definition) is 1. The zero-order valence-corrected chi connectivity index (χ0v) is 12.9. The van der Waals surface area contributed by atoms with Crippen molar-refractivity contribution in [2.45, 2.75) is 51.1 Å². The molecule has 3 heteroatoms. The molecule has 1 aliphatic carbocycles. The highest BCUT2D eigenvalue weighted by Gasteiger charge is 2.17. The molecular weight excluding hydrogens is 278 g/mol. The van der Waals surface area contributed by atoms with Crippen LogP contribution in [0.1, 0.15) is 43.6 Å². The molecular formula is C13H20BrNSi. The molecule has 0 saturated heterocycles. The lowest BCUT2D eigenvalue weighted by molar-refractivity contribution is 0.443. The van der Waals surface area contributed by atoms with Gasteiger partial charge in [0, 0.05) is 6.20 Å². The fraction of sp³-hybridized carbons (Fsp3) is 0.615. The Morgan fingerprint density at radius 1 is 1.25 bits per heavy atom. The van der Waals surface area contributed by atoms with E-state index < -0.39 is 8.80 Å². The molecule has 0 spiro atoms. The molecule has 0 radical (unpaired) electrons. The van der Waals surface area contributed by atoms with Gasteiger partial charge in [0.25, 0.3) is 0 Å². The van der Waals surface area contributed by atoms with Crippen LogP contribution in [0.3, 0.4) is 0 Å². The van der Waals surface area contributed by atoms with Crippen molar-refractivity contribution in [3.8, 4) is 0 Å². The van der Waals surface area contributed by atoms with Crippen molar-refractivity contribution in [2.75, 3.05) is 0 Å². The van der Waals surface area contributed by atoms with Crippen molar-refractivity contribution >= 4 is 29.9 Å². The molecule has 1 aliphatic rings. The van der Waals surface area contributed by atoms with Crippen LogP contribution in [0.5, 0.6) is 0 Å². The summed E-state index contributed by atoms with van der Waals surface area (Å²) in [5, 5.41) is 1.49. The first-order valence-electron chi connectivity index (χ1n) is 6.34. The Kier molecular flexibility index (Phi) is 4.20. The van der Waals surface area contributed by atoms with E-state index >= 15 is 0 Å². The number of rotatable bonds is 2. The summed E-state index contributed by atoms with van der Waals surface area (Å²) in [6.07, 6.45) is 9.03. The van der Waals surface area contributed by atoms with Gasteiger partial charge in [-0.2, -0.15) is 0 Å². The van der Waals surface area contributed by atoms with Gasteiger partial charge >= 0.3 is 0 Å². The highest BCUT2D eigenvalue weighted by molar-refractivity contribution is 9.10. The van der Waals surface area contributed by atoms with Crippen LogP contribution in [0.2, 0.25) is 13.1 Å². The number of hydrogen-bond donors (Lipinski definition) is 0. The first-order valence-corrected chi connectivity index (χ1v) is 10.0. The van der Waals surface area contributed by atoms with E-state index in [0.29, 0.717) is 0 Å². The van der Waals surface area contributed by atoms with Crippen molar-refractivity contribution < 1.29 is 0 Å². The van der Waals surface area contributed by atoms with Gasteiger partial charge in [0.1, 0.15) is 4.60 Å². The summed E-state index contributed by atoms with van der Waals surface area (Å²) in [5.74, 6) is 0.779. The summed E-state index contributed by atoms with van der Waals surface area (Å²) in [5.41, 5.74) is 1.49. The minimum absolute atomic E-state index is 0.760. The lowest BCUT2D eigenvalue weighted by atomic mass is 9.85. The minimum atomic E-state index is -0.760. The zero-order chi connectivity index (χ0) is 11.5. The molecule has 1 aromatic heterocycles. The first-order chi connectivity index (χ1) is 7.68. The maximum Gasteiger partial charge on any atom is 0.104 e. The van der Waals surface area contributed by atoms with Crippen LogP contribution in [-0.2, 0) is 0 Å². The van der Waals surface area contributed by atoms with Gasteiger partial charge in [-0.1, -0.05) is 38.4 Å². The zero-order valence-electron chi connectivity index (χ0n) is 10.2. The van der Waals surface area contributed by atoms with Crippen molar-refractivity contribution in [1.29, 1.82) is 0 Å². The van der Waals surface area contributed by atoms with Gasteiger partial charge < -0.3 is 0 Å². The molecule has 0 unspecified atom stereocenters. The van der Waals surface area contributed by atoms with E-state index in [1.54, 1.807) is 0 Å². The average molecular weight is 298 g/mol. The van der Waals surface area contributed by atoms with Crippen molar-refractivity contribution in [1.82, 2.24) is 4.98 Å². The molecule has 0 aromatic carbocycles. The molecule has 0 atom stereocenters. The molecule has 88 valence electrons. The van der Waals surface area contributed by atoms with Crippen molar-refractivity contribution in [2.24, 2.45) is 0 Å². The summed E-state index contributed by atoms with van der Waals surface area (Å²) in [6.45, 7) is 4.73. The van der Waals surface area contributed by atoms with Gasteiger partial charge in [-0.25, -0.2) is 4.98 Å². The fourth-order valence-corrected chi connectivity index (χ4v) is 5.21. The largest absolute Gasteiger partial charge is 0.249 e. The van der Waals surface area contributed by atoms with Gasteiger partial charge in [-0.3, -0.25) is 0 Å². The average Bonchev–Trinajstić information content (AvgIpc) is 2.30. The predicted octanol–water partition coefficient (Wildman–Crippen LogP) is 3.59. The quantitative estimate of drug-likeness (QED) is 0.600. The summed E-state index contributed by atoms with van der Waals surface area (Å²) < 4.78 is 1.08. The Balaban J connectivity index is 2.24. The molecule has 1 heterocycles. The predicted molar refractivity (Wildman–Crippen MR) is 76.3 cm³/mol. The third-order valence-electron chi connectivity index (χ3n) is 3.59. The minimum Gasteiger partial charge on any atom is -0.249 e. The summed E-state index contributed by atoms with van der Waals surface area (Å²) >= 11 is 3.58. The Morgan fingerprint density at radius 3 is 2.56 bits per heavy atom. The highest BCUT2D eigenvalue weighted by Crippen LogP contribution is 2.32. The molecule has 1 fully saturated rings. The van der Waals surface area contributed by atoms with E-state index in [0.717, 1.165) is 10.5 Å².